The second kappa shape index (κ2) is 9.74. The van der Waals surface area contributed by atoms with Crippen LogP contribution in [0.25, 0.3) is 0 Å². The van der Waals surface area contributed by atoms with Crippen LogP contribution in [0.15, 0.2) is 54.6 Å². The smallest absolute Gasteiger partial charge is 0.171 e. The topological polar surface area (TPSA) is 110 Å². The molecule has 1 heterocycles. The summed E-state index contributed by atoms with van der Waals surface area (Å²) >= 11 is 0. The molecule has 1 aliphatic carbocycles. The summed E-state index contributed by atoms with van der Waals surface area (Å²) in [6, 6.07) is 14.1. The molecule has 7 nitrogen and oxygen atoms in total. The van der Waals surface area contributed by atoms with E-state index in [4.69, 9.17) is 4.74 Å². The number of nitrogens with zero attached hydrogens (tertiary/aromatic N) is 1. The van der Waals surface area contributed by atoms with Crippen molar-refractivity contribution >= 4 is 5.78 Å². The molecular weight excluding hydrogens is 458 g/mol. The Balaban J connectivity index is 1.41. The molecular formula is C29H31NO6. The summed E-state index contributed by atoms with van der Waals surface area (Å²) in [7, 11) is 0. The van der Waals surface area contributed by atoms with Crippen LogP contribution in [-0.2, 0) is 0 Å². The Morgan fingerprint density at radius 2 is 1.47 bits per heavy atom. The van der Waals surface area contributed by atoms with Gasteiger partial charge >= 0.3 is 0 Å². The molecule has 1 saturated heterocycles. The van der Waals surface area contributed by atoms with Crippen molar-refractivity contribution in [1.82, 2.24) is 4.90 Å². The summed E-state index contributed by atoms with van der Waals surface area (Å²) in [5, 5.41) is 40.8. The first-order valence-electron chi connectivity index (χ1n) is 12.4. The standard InChI is InChI=1S/C29H31NO6/c1-17-6-8-30(9-7-17)10-11-36-23-4-2-18(3-5-23)26-27(19-12-20(31)14-21(32)13-19)29(35)24-15-22(33)16-25(34)28(24)26/h2-5,12-17,26-27,31-34H,6-11H2,1H3. The summed E-state index contributed by atoms with van der Waals surface area (Å²) in [6.45, 7) is 5.96. The van der Waals surface area contributed by atoms with E-state index >= 15 is 0 Å². The van der Waals surface area contributed by atoms with Crippen LogP contribution in [0.5, 0.6) is 28.7 Å². The zero-order valence-corrected chi connectivity index (χ0v) is 20.2. The van der Waals surface area contributed by atoms with Crippen LogP contribution in [0.4, 0.5) is 0 Å². The highest BCUT2D eigenvalue weighted by molar-refractivity contribution is 6.08. The number of benzene rings is 3. The van der Waals surface area contributed by atoms with Gasteiger partial charge in [0.2, 0.25) is 0 Å². The molecule has 3 aromatic carbocycles. The fourth-order valence-corrected chi connectivity index (χ4v) is 5.49. The number of rotatable bonds is 6. The van der Waals surface area contributed by atoms with Gasteiger partial charge in [0.25, 0.3) is 0 Å². The first-order chi connectivity index (χ1) is 17.3. The number of hydrogen-bond donors (Lipinski definition) is 4. The lowest BCUT2D eigenvalue weighted by molar-refractivity contribution is 0.0968. The lowest BCUT2D eigenvalue weighted by Crippen LogP contribution is -2.35. The molecule has 1 fully saturated rings. The number of likely N-dealkylation sites (tertiary alicyclic amines) is 1. The molecule has 2 unspecified atom stereocenters. The monoisotopic (exact) mass is 489 g/mol. The Hall–Kier alpha value is -3.71. The average Bonchev–Trinajstić information content (AvgIpc) is 3.13. The minimum atomic E-state index is -0.793. The molecule has 0 amide bonds. The molecule has 0 aromatic heterocycles. The first-order valence-corrected chi connectivity index (χ1v) is 12.4. The van der Waals surface area contributed by atoms with Crippen molar-refractivity contribution in [3.05, 3.63) is 76.9 Å². The highest BCUT2D eigenvalue weighted by Crippen LogP contribution is 2.52. The Labute approximate surface area is 210 Å². The molecule has 36 heavy (non-hydrogen) atoms. The number of hydrogen-bond acceptors (Lipinski definition) is 7. The van der Waals surface area contributed by atoms with E-state index in [2.05, 4.69) is 11.8 Å². The third-order valence-electron chi connectivity index (χ3n) is 7.41. The number of Topliss-reactive ketones (excluding diaryl/α,β-unsaturated/α-hetero) is 1. The molecule has 0 radical (unpaired) electrons. The van der Waals surface area contributed by atoms with Gasteiger partial charge in [-0.15, -0.1) is 0 Å². The van der Waals surface area contributed by atoms with Crippen molar-refractivity contribution in [2.75, 3.05) is 26.2 Å². The third kappa shape index (κ3) is 4.71. The highest BCUT2D eigenvalue weighted by Gasteiger charge is 2.44. The van der Waals surface area contributed by atoms with Gasteiger partial charge in [-0.05, 0) is 73.3 Å². The Morgan fingerprint density at radius 3 is 2.14 bits per heavy atom. The zero-order chi connectivity index (χ0) is 25.4. The molecule has 4 N–H and O–H groups in total. The molecule has 1 aliphatic heterocycles. The van der Waals surface area contributed by atoms with E-state index in [0.717, 1.165) is 36.9 Å². The first kappa shape index (κ1) is 24.0. The van der Waals surface area contributed by atoms with Crippen LogP contribution < -0.4 is 4.74 Å². The number of phenolic OH excluding ortho intramolecular Hbond substituents is 4. The molecule has 5 rings (SSSR count). The average molecular weight is 490 g/mol. The van der Waals surface area contributed by atoms with E-state index in [1.165, 1.54) is 43.2 Å². The summed E-state index contributed by atoms with van der Waals surface area (Å²) in [5.41, 5.74) is 1.84. The van der Waals surface area contributed by atoms with E-state index in [0.29, 0.717) is 17.7 Å². The summed E-state index contributed by atoms with van der Waals surface area (Å²) < 4.78 is 5.97. The summed E-state index contributed by atoms with van der Waals surface area (Å²) in [6.07, 6.45) is 2.44. The Morgan fingerprint density at radius 1 is 0.833 bits per heavy atom. The van der Waals surface area contributed by atoms with Gasteiger partial charge in [-0.3, -0.25) is 9.69 Å². The van der Waals surface area contributed by atoms with E-state index in [9.17, 15) is 25.2 Å². The number of piperidine rings is 1. The van der Waals surface area contributed by atoms with Crippen LogP contribution in [0.2, 0.25) is 0 Å². The van der Waals surface area contributed by atoms with Crippen LogP contribution in [0.3, 0.4) is 0 Å². The molecule has 188 valence electrons. The largest absolute Gasteiger partial charge is 0.508 e. The Kier molecular flexibility index (Phi) is 6.49. The Bertz CT molecular complexity index is 1240. The molecule has 0 bridgehead atoms. The molecule has 7 heteroatoms. The molecule has 0 saturated carbocycles. The van der Waals surface area contributed by atoms with Gasteiger partial charge in [0.05, 0.1) is 5.92 Å². The van der Waals surface area contributed by atoms with Crippen molar-refractivity contribution < 1.29 is 30.0 Å². The maximum atomic E-state index is 13.5. The maximum Gasteiger partial charge on any atom is 0.171 e. The number of fused-ring (bicyclic) bond motifs is 1. The third-order valence-corrected chi connectivity index (χ3v) is 7.41. The van der Waals surface area contributed by atoms with Gasteiger partial charge < -0.3 is 25.2 Å². The van der Waals surface area contributed by atoms with E-state index in [-0.39, 0.29) is 34.3 Å². The van der Waals surface area contributed by atoms with Gasteiger partial charge in [0.1, 0.15) is 35.4 Å². The quantitative estimate of drug-likeness (QED) is 0.396. The van der Waals surface area contributed by atoms with Crippen LogP contribution in [0, 0.1) is 5.92 Å². The number of ether oxygens (including phenoxy) is 1. The normalized spacial score (nSPS) is 20.4. The fraction of sp³-hybridized carbons (Fsp3) is 0.345. The van der Waals surface area contributed by atoms with E-state index < -0.39 is 11.8 Å². The lowest BCUT2D eigenvalue weighted by Gasteiger charge is -2.29. The summed E-state index contributed by atoms with van der Waals surface area (Å²) in [4.78, 5) is 15.9. The van der Waals surface area contributed by atoms with Crippen LogP contribution in [-0.4, -0.2) is 57.4 Å². The number of phenols is 4. The van der Waals surface area contributed by atoms with Gasteiger partial charge in [-0.2, -0.15) is 0 Å². The second-order valence-corrected chi connectivity index (χ2v) is 9.97. The van der Waals surface area contributed by atoms with Crippen LogP contribution >= 0.6 is 0 Å². The van der Waals surface area contributed by atoms with E-state index in [1.807, 2.05) is 24.3 Å². The number of ketones is 1. The predicted octanol–water partition coefficient (Wildman–Crippen LogP) is 4.73. The van der Waals surface area contributed by atoms with Crippen molar-refractivity contribution in [3.63, 3.8) is 0 Å². The highest BCUT2D eigenvalue weighted by atomic mass is 16.5. The lowest BCUT2D eigenvalue weighted by atomic mass is 9.81. The van der Waals surface area contributed by atoms with Crippen molar-refractivity contribution in [2.24, 2.45) is 5.92 Å². The minimum absolute atomic E-state index is 0.161. The molecule has 3 aromatic rings. The molecule has 2 aliphatic rings. The number of carbonyl (C=O) groups excluding carboxylic acids is 1. The van der Waals surface area contributed by atoms with Gasteiger partial charge in [0.15, 0.2) is 5.78 Å². The van der Waals surface area contributed by atoms with Gasteiger partial charge in [0, 0.05) is 35.7 Å². The number of carbonyl (C=O) groups is 1. The van der Waals surface area contributed by atoms with Crippen molar-refractivity contribution in [3.8, 4) is 28.7 Å². The van der Waals surface area contributed by atoms with Gasteiger partial charge in [-0.25, -0.2) is 0 Å². The maximum absolute atomic E-state index is 13.5. The second-order valence-electron chi connectivity index (χ2n) is 9.97. The zero-order valence-electron chi connectivity index (χ0n) is 20.2. The molecule has 2 atom stereocenters. The SMILES string of the molecule is CC1CCN(CCOc2ccc(C3c4c(O)cc(O)cc4C(=O)C3c3cc(O)cc(O)c3)cc2)CC1. The van der Waals surface area contributed by atoms with Crippen LogP contribution in [0.1, 0.15) is 58.6 Å². The summed E-state index contributed by atoms with van der Waals surface area (Å²) in [5.74, 6) is -0.859. The molecule has 0 spiro atoms. The minimum Gasteiger partial charge on any atom is -0.508 e. The van der Waals surface area contributed by atoms with Crippen molar-refractivity contribution in [2.45, 2.75) is 31.6 Å². The number of aromatic hydroxyl groups is 4. The fourth-order valence-electron chi connectivity index (χ4n) is 5.49. The van der Waals surface area contributed by atoms with Crippen molar-refractivity contribution in [1.29, 1.82) is 0 Å². The predicted molar refractivity (Wildman–Crippen MR) is 135 cm³/mol. The van der Waals surface area contributed by atoms with Gasteiger partial charge in [-0.1, -0.05) is 19.1 Å². The van der Waals surface area contributed by atoms with E-state index in [1.54, 1.807) is 0 Å².